The molecular weight excluding hydrogens is 546 g/mol. The van der Waals surface area contributed by atoms with Gasteiger partial charge in [0.2, 0.25) is 11.8 Å². The summed E-state index contributed by atoms with van der Waals surface area (Å²) in [6, 6.07) is 12.8. The Kier molecular flexibility index (Phi) is 9.82. The van der Waals surface area contributed by atoms with E-state index in [2.05, 4.69) is 29.3 Å². The van der Waals surface area contributed by atoms with E-state index in [-0.39, 0.29) is 11.8 Å². The van der Waals surface area contributed by atoms with Crippen molar-refractivity contribution in [2.45, 2.75) is 94.9 Å². The predicted molar refractivity (Wildman–Crippen MR) is 165 cm³/mol. The topological polar surface area (TPSA) is 101 Å². The number of methoxy groups -OCH3 is 2. The van der Waals surface area contributed by atoms with Crippen LogP contribution in [0.4, 0.5) is 0 Å². The van der Waals surface area contributed by atoms with E-state index in [4.69, 9.17) is 14.2 Å². The summed E-state index contributed by atoms with van der Waals surface area (Å²) >= 11 is 0. The molecule has 5 rings (SSSR count). The Bertz CT molecular complexity index is 1230. The van der Waals surface area contributed by atoms with Gasteiger partial charge in [-0.15, -0.1) is 0 Å². The molecule has 0 unspecified atom stereocenters. The number of likely N-dealkylation sites (tertiary alicyclic amines) is 1. The van der Waals surface area contributed by atoms with Crippen molar-refractivity contribution in [2.75, 3.05) is 33.9 Å². The van der Waals surface area contributed by atoms with Gasteiger partial charge < -0.3 is 29.5 Å². The lowest BCUT2D eigenvalue weighted by Crippen LogP contribution is -2.73. The number of nitrogens with one attached hydrogen (secondary N) is 1. The molecule has 2 N–H and O–H groups in total. The Morgan fingerprint density at radius 3 is 2.12 bits per heavy atom. The van der Waals surface area contributed by atoms with Gasteiger partial charge in [-0.25, -0.2) is 0 Å². The first-order chi connectivity index (χ1) is 20.8. The highest BCUT2D eigenvalue weighted by atomic mass is 16.5. The number of unbranched alkanes of at least 4 members (excludes halogenated alkanes) is 1. The van der Waals surface area contributed by atoms with E-state index in [1.165, 1.54) is 0 Å². The number of carbonyl (C=O) groups excluding carboxylic acids is 2. The molecule has 9 nitrogen and oxygen atoms in total. The zero-order chi connectivity index (χ0) is 30.5. The molecule has 1 saturated carbocycles. The highest BCUT2D eigenvalue weighted by Crippen LogP contribution is 2.38. The molecule has 1 atom stereocenters. The van der Waals surface area contributed by atoms with Crippen LogP contribution in [0.25, 0.3) is 0 Å². The zero-order valence-electron chi connectivity index (χ0n) is 25.9. The van der Waals surface area contributed by atoms with Gasteiger partial charge in [-0.05, 0) is 49.8 Å². The number of benzene rings is 2. The third kappa shape index (κ3) is 7.10. The van der Waals surface area contributed by atoms with Crippen LogP contribution in [-0.4, -0.2) is 77.8 Å². The molecule has 2 aromatic rings. The van der Waals surface area contributed by atoms with Crippen LogP contribution in [0.15, 0.2) is 42.5 Å². The monoisotopic (exact) mass is 593 g/mol. The van der Waals surface area contributed by atoms with Crippen LogP contribution in [0.5, 0.6) is 23.0 Å². The molecule has 3 fully saturated rings. The standard InChI is InChI=1S/C34H47N3O6/c1-4-5-17-37-31(38)30(23-33(40)13-7-6-8-14-33)35-32(39)34(37)15-18-36(19-16-34)24-25-9-11-26(12-10-25)43-29-21-27(41-2)20-28(22-29)42-3/h9-12,20-22,30,40H,4-8,13-19,23-24H2,1-3H3,(H,35,39)/t30-/m1/s1. The molecule has 234 valence electrons. The van der Waals surface area contributed by atoms with Crippen molar-refractivity contribution in [3.05, 3.63) is 48.0 Å². The largest absolute Gasteiger partial charge is 0.496 e. The fourth-order valence-corrected chi connectivity index (χ4v) is 6.92. The lowest BCUT2D eigenvalue weighted by molar-refractivity contribution is -0.163. The number of carbonyl (C=O) groups is 2. The van der Waals surface area contributed by atoms with Crippen LogP contribution in [0.2, 0.25) is 0 Å². The van der Waals surface area contributed by atoms with E-state index < -0.39 is 17.2 Å². The predicted octanol–water partition coefficient (Wildman–Crippen LogP) is 5.04. The second-order valence-electron chi connectivity index (χ2n) is 12.5. The lowest BCUT2D eigenvalue weighted by Gasteiger charge is -2.52. The Balaban J connectivity index is 1.21. The van der Waals surface area contributed by atoms with Crippen LogP contribution in [0, 0.1) is 0 Å². The first kappa shape index (κ1) is 31.1. The fourth-order valence-electron chi connectivity index (χ4n) is 6.92. The number of piperazine rings is 1. The van der Waals surface area contributed by atoms with Crippen molar-refractivity contribution in [1.82, 2.24) is 15.1 Å². The van der Waals surface area contributed by atoms with Crippen LogP contribution in [-0.2, 0) is 16.1 Å². The minimum Gasteiger partial charge on any atom is -0.496 e. The average molecular weight is 594 g/mol. The van der Waals surface area contributed by atoms with Gasteiger partial charge in [-0.3, -0.25) is 14.5 Å². The maximum atomic E-state index is 13.8. The third-order valence-electron chi connectivity index (χ3n) is 9.49. The molecule has 1 spiro atoms. The fraction of sp³-hybridized carbons (Fsp3) is 0.588. The van der Waals surface area contributed by atoms with E-state index in [1.54, 1.807) is 20.3 Å². The van der Waals surface area contributed by atoms with E-state index in [0.717, 1.165) is 57.3 Å². The minimum absolute atomic E-state index is 0.0234. The molecule has 0 radical (unpaired) electrons. The van der Waals surface area contributed by atoms with Crippen LogP contribution in [0.3, 0.4) is 0 Å². The molecule has 1 aliphatic carbocycles. The van der Waals surface area contributed by atoms with Gasteiger partial charge in [0.1, 0.15) is 34.6 Å². The Hall–Kier alpha value is -3.30. The van der Waals surface area contributed by atoms with Gasteiger partial charge >= 0.3 is 0 Å². The number of amides is 2. The summed E-state index contributed by atoms with van der Waals surface area (Å²) in [7, 11) is 3.22. The van der Waals surface area contributed by atoms with Crippen LogP contribution < -0.4 is 19.5 Å². The summed E-state index contributed by atoms with van der Waals surface area (Å²) in [5, 5.41) is 14.2. The van der Waals surface area contributed by atoms with E-state index >= 15 is 0 Å². The number of hydrogen-bond acceptors (Lipinski definition) is 7. The van der Waals surface area contributed by atoms with Crippen molar-refractivity contribution >= 4 is 11.8 Å². The van der Waals surface area contributed by atoms with Gasteiger partial charge in [-0.1, -0.05) is 44.7 Å². The molecule has 2 heterocycles. The quantitative estimate of drug-likeness (QED) is 0.376. The first-order valence-corrected chi connectivity index (χ1v) is 15.8. The molecule has 0 aromatic heterocycles. The normalized spacial score (nSPS) is 21.9. The summed E-state index contributed by atoms with van der Waals surface area (Å²) in [6.07, 6.45) is 7.78. The second kappa shape index (κ2) is 13.6. The summed E-state index contributed by atoms with van der Waals surface area (Å²) in [5.41, 5.74) is -0.527. The third-order valence-corrected chi connectivity index (χ3v) is 9.49. The van der Waals surface area contributed by atoms with Crippen LogP contribution >= 0.6 is 0 Å². The van der Waals surface area contributed by atoms with Crippen molar-refractivity contribution < 1.29 is 28.9 Å². The maximum absolute atomic E-state index is 13.8. The lowest BCUT2D eigenvalue weighted by atomic mass is 9.77. The number of nitrogens with zero attached hydrogens (tertiary/aromatic N) is 2. The van der Waals surface area contributed by atoms with Crippen molar-refractivity contribution in [3.8, 4) is 23.0 Å². The number of ether oxygens (including phenoxy) is 3. The smallest absolute Gasteiger partial charge is 0.246 e. The molecule has 2 aromatic carbocycles. The number of aliphatic hydroxyl groups is 1. The molecule has 0 bridgehead atoms. The molecule has 3 aliphatic rings. The summed E-state index contributed by atoms with van der Waals surface area (Å²) in [5.74, 6) is 2.59. The van der Waals surface area contributed by atoms with Crippen molar-refractivity contribution in [1.29, 1.82) is 0 Å². The van der Waals surface area contributed by atoms with Gasteiger partial charge in [0.25, 0.3) is 0 Å². The molecule has 9 heteroatoms. The van der Waals surface area contributed by atoms with E-state index in [9.17, 15) is 14.7 Å². The average Bonchev–Trinajstić information content (AvgIpc) is 3.02. The SMILES string of the molecule is CCCCN1C(=O)[C@@H](CC2(O)CCCCC2)NC(=O)C12CCN(Cc1ccc(Oc3cc(OC)cc(OC)c3)cc1)CC2. The zero-order valence-corrected chi connectivity index (χ0v) is 25.9. The Morgan fingerprint density at radius 1 is 0.884 bits per heavy atom. The van der Waals surface area contributed by atoms with Crippen molar-refractivity contribution in [3.63, 3.8) is 0 Å². The van der Waals surface area contributed by atoms with E-state index in [0.29, 0.717) is 61.6 Å². The van der Waals surface area contributed by atoms with Gasteiger partial charge in [0.05, 0.1) is 19.8 Å². The Labute approximate surface area is 255 Å². The summed E-state index contributed by atoms with van der Waals surface area (Å²) in [4.78, 5) is 31.8. The minimum atomic E-state index is -0.864. The summed E-state index contributed by atoms with van der Waals surface area (Å²) < 4.78 is 16.7. The highest BCUT2D eigenvalue weighted by molar-refractivity contribution is 6.00. The van der Waals surface area contributed by atoms with Crippen molar-refractivity contribution in [2.24, 2.45) is 0 Å². The van der Waals surface area contributed by atoms with Gasteiger partial charge in [0.15, 0.2) is 0 Å². The van der Waals surface area contributed by atoms with Gasteiger partial charge in [0, 0.05) is 50.8 Å². The number of hydrogen-bond donors (Lipinski definition) is 2. The molecule has 43 heavy (non-hydrogen) atoms. The molecule has 2 amide bonds. The maximum Gasteiger partial charge on any atom is 0.246 e. The number of piperidine rings is 1. The van der Waals surface area contributed by atoms with E-state index in [1.807, 2.05) is 29.2 Å². The second-order valence-corrected chi connectivity index (χ2v) is 12.5. The Morgan fingerprint density at radius 2 is 1.51 bits per heavy atom. The number of rotatable bonds is 11. The molecule has 2 saturated heterocycles. The first-order valence-electron chi connectivity index (χ1n) is 15.8. The molecular formula is C34H47N3O6. The summed E-state index contributed by atoms with van der Waals surface area (Å²) in [6.45, 7) is 4.89. The molecule has 2 aliphatic heterocycles. The highest BCUT2D eigenvalue weighted by Gasteiger charge is 2.54. The van der Waals surface area contributed by atoms with Crippen LogP contribution in [0.1, 0.15) is 76.7 Å². The van der Waals surface area contributed by atoms with Gasteiger partial charge in [-0.2, -0.15) is 0 Å².